The summed E-state index contributed by atoms with van der Waals surface area (Å²) in [7, 11) is 9.12. The highest BCUT2D eigenvalue weighted by Gasteiger charge is 2.53. The quantitative estimate of drug-likeness (QED) is 0.439. The molecule has 0 saturated heterocycles. The van der Waals surface area contributed by atoms with Crippen LogP contribution in [0.5, 0.6) is 5.75 Å². The summed E-state index contributed by atoms with van der Waals surface area (Å²) in [6.07, 6.45) is 6.25. The van der Waals surface area contributed by atoms with E-state index < -0.39 is 17.9 Å². The van der Waals surface area contributed by atoms with E-state index in [4.69, 9.17) is 0 Å². The van der Waals surface area contributed by atoms with Crippen molar-refractivity contribution in [3.05, 3.63) is 75.8 Å². The molecule has 0 spiro atoms. The number of aliphatic hydroxyl groups excluding tert-OH is 2. The molecule has 1 aromatic heterocycles. The SMILES string of the molecule is C/C=C1/C(C(=O)NC)=C(O)[C@@H](N(C)C)C2CC3Cc4c(-c5cncc(CN(C)C)c5)ccc(O)c4C(O)=C3C(=O)C12. The molecule has 1 heterocycles. The minimum atomic E-state index is -0.720. The first-order valence-electron chi connectivity index (χ1n) is 13.9. The molecule has 41 heavy (non-hydrogen) atoms. The molecule has 3 aliphatic carbocycles. The number of aliphatic hydroxyl groups is 2. The predicted molar refractivity (Wildman–Crippen MR) is 157 cm³/mol. The van der Waals surface area contributed by atoms with Crippen LogP contribution >= 0.6 is 0 Å². The van der Waals surface area contributed by atoms with Gasteiger partial charge in [-0.25, -0.2) is 0 Å². The van der Waals surface area contributed by atoms with Gasteiger partial charge >= 0.3 is 0 Å². The van der Waals surface area contributed by atoms with Gasteiger partial charge in [0.05, 0.1) is 23.1 Å². The minimum absolute atomic E-state index is 0.0496. The van der Waals surface area contributed by atoms with Gasteiger partial charge in [0, 0.05) is 37.1 Å². The van der Waals surface area contributed by atoms with Gasteiger partial charge in [-0.1, -0.05) is 12.1 Å². The van der Waals surface area contributed by atoms with Crippen LogP contribution in [0.25, 0.3) is 16.9 Å². The summed E-state index contributed by atoms with van der Waals surface area (Å²) in [5.74, 6) is -2.46. The molecule has 0 radical (unpaired) electrons. The molecular formula is C32H38N4O5. The molecule has 1 aromatic carbocycles. The van der Waals surface area contributed by atoms with Crippen molar-refractivity contribution in [1.82, 2.24) is 20.1 Å². The number of benzene rings is 1. The maximum absolute atomic E-state index is 14.3. The van der Waals surface area contributed by atoms with Crippen molar-refractivity contribution in [2.45, 2.75) is 32.4 Å². The maximum Gasteiger partial charge on any atom is 0.254 e. The van der Waals surface area contributed by atoms with E-state index in [-0.39, 0.29) is 51.6 Å². The molecule has 3 aliphatic rings. The van der Waals surface area contributed by atoms with Gasteiger partial charge in [0.15, 0.2) is 5.78 Å². The molecule has 4 atom stereocenters. The van der Waals surface area contributed by atoms with E-state index in [0.717, 1.165) is 22.3 Å². The van der Waals surface area contributed by atoms with Crippen LogP contribution in [0.4, 0.5) is 0 Å². The number of allylic oxidation sites excluding steroid dienone is 2. The van der Waals surface area contributed by atoms with Crippen LogP contribution in [0, 0.1) is 17.8 Å². The number of pyridine rings is 1. The van der Waals surface area contributed by atoms with Crippen LogP contribution in [-0.4, -0.2) is 83.1 Å². The number of amides is 1. The third kappa shape index (κ3) is 4.63. The van der Waals surface area contributed by atoms with Gasteiger partial charge in [0.1, 0.15) is 17.3 Å². The van der Waals surface area contributed by atoms with E-state index in [0.29, 0.717) is 25.0 Å². The average Bonchev–Trinajstić information content (AvgIpc) is 2.91. The summed E-state index contributed by atoms with van der Waals surface area (Å²) in [6.45, 7) is 2.46. The highest BCUT2D eigenvalue weighted by Crippen LogP contribution is 2.53. The molecule has 216 valence electrons. The van der Waals surface area contributed by atoms with Gasteiger partial charge in [-0.2, -0.15) is 0 Å². The number of aromatic hydroxyl groups is 1. The number of likely N-dealkylation sites (N-methyl/N-ethyl adjacent to an activating group) is 2. The van der Waals surface area contributed by atoms with Gasteiger partial charge in [-0.15, -0.1) is 0 Å². The number of phenolic OH excluding ortho intramolecular Hbond substituents is 1. The number of rotatable bonds is 5. The van der Waals surface area contributed by atoms with Crippen molar-refractivity contribution in [2.24, 2.45) is 17.8 Å². The Kier molecular flexibility index (Phi) is 7.52. The number of carbonyl (C=O) groups excluding carboxylic acids is 2. The first-order chi connectivity index (χ1) is 19.5. The molecule has 9 nitrogen and oxygen atoms in total. The Morgan fingerprint density at radius 1 is 1.15 bits per heavy atom. The van der Waals surface area contributed by atoms with Crippen molar-refractivity contribution in [3.8, 4) is 16.9 Å². The Hall–Kier alpha value is -3.95. The molecule has 9 heteroatoms. The second-order valence-corrected chi connectivity index (χ2v) is 11.7. The average molecular weight is 559 g/mol. The first kappa shape index (κ1) is 28.6. The van der Waals surface area contributed by atoms with Crippen LogP contribution < -0.4 is 5.32 Å². The standard InChI is InChI=1S/C32H38N4O5/c1-7-19-25-22(28(36(5)6)31(40)27(19)32(41)33-2)12-17-11-21-20(18-10-16(13-34-14-18)15-35(3)4)8-9-23(37)26(21)30(39)24(17)29(25)38/h7-10,13-14,17,22,25,28,37,39-40H,11-12,15H2,1-6H3,(H,33,41)/b19-7+/t17?,22?,25?,28-/m0/s1. The Balaban J connectivity index is 1.67. The van der Waals surface area contributed by atoms with Crippen molar-refractivity contribution < 1.29 is 24.9 Å². The number of hydrogen-bond acceptors (Lipinski definition) is 8. The van der Waals surface area contributed by atoms with E-state index in [2.05, 4.69) is 21.3 Å². The number of nitrogens with zero attached hydrogens (tertiary/aromatic N) is 3. The number of aromatic nitrogens is 1. The second kappa shape index (κ2) is 10.8. The number of nitrogens with one attached hydrogen (secondary N) is 1. The summed E-state index contributed by atoms with van der Waals surface area (Å²) in [4.78, 5) is 35.6. The monoisotopic (exact) mass is 558 g/mol. The lowest BCUT2D eigenvalue weighted by atomic mass is 9.58. The summed E-state index contributed by atoms with van der Waals surface area (Å²) in [5.41, 5.74) is 4.62. The molecule has 0 aliphatic heterocycles. The Morgan fingerprint density at radius 2 is 1.88 bits per heavy atom. The number of fused-ring (bicyclic) bond motifs is 3. The Labute approximate surface area is 240 Å². The van der Waals surface area contributed by atoms with E-state index in [1.165, 1.54) is 7.05 Å². The predicted octanol–water partition coefficient (Wildman–Crippen LogP) is 3.61. The van der Waals surface area contributed by atoms with Crippen LogP contribution in [0.1, 0.15) is 30.0 Å². The molecule has 5 rings (SSSR count). The van der Waals surface area contributed by atoms with Crippen LogP contribution in [-0.2, 0) is 22.6 Å². The highest BCUT2D eigenvalue weighted by molar-refractivity contribution is 6.10. The molecule has 1 fully saturated rings. The third-order valence-electron chi connectivity index (χ3n) is 8.67. The van der Waals surface area contributed by atoms with Crippen molar-refractivity contribution in [1.29, 1.82) is 0 Å². The van der Waals surface area contributed by atoms with E-state index >= 15 is 0 Å². The van der Waals surface area contributed by atoms with Crippen LogP contribution in [0.2, 0.25) is 0 Å². The molecule has 1 saturated carbocycles. The lowest BCUT2D eigenvalue weighted by molar-refractivity contribution is -0.123. The molecule has 4 N–H and O–H groups in total. The van der Waals surface area contributed by atoms with Gasteiger partial charge in [0.2, 0.25) is 0 Å². The largest absolute Gasteiger partial charge is 0.510 e. The molecule has 1 amide bonds. The number of ketones is 1. The summed E-state index contributed by atoms with van der Waals surface area (Å²) in [5, 5.41) is 36.6. The lowest BCUT2D eigenvalue weighted by Gasteiger charge is -2.48. The van der Waals surface area contributed by atoms with Crippen molar-refractivity contribution in [2.75, 3.05) is 35.2 Å². The first-order valence-corrected chi connectivity index (χ1v) is 13.9. The normalized spacial score (nSPS) is 25.0. The van der Waals surface area contributed by atoms with Gasteiger partial charge in [-0.05, 0) is 94.2 Å². The fourth-order valence-electron chi connectivity index (χ4n) is 7.15. The lowest BCUT2D eigenvalue weighted by Crippen LogP contribution is -2.53. The zero-order valence-electron chi connectivity index (χ0n) is 24.4. The van der Waals surface area contributed by atoms with Gasteiger partial charge < -0.3 is 25.5 Å². The Bertz CT molecular complexity index is 1520. The molecular weight excluding hydrogens is 520 g/mol. The molecule has 3 unspecified atom stereocenters. The van der Waals surface area contributed by atoms with Crippen LogP contribution in [0.3, 0.4) is 0 Å². The third-order valence-corrected chi connectivity index (χ3v) is 8.67. The number of phenols is 1. The van der Waals surface area contributed by atoms with E-state index in [1.54, 1.807) is 25.3 Å². The fraction of sp³-hybridized carbons (Fsp3) is 0.406. The number of hydrogen-bond donors (Lipinski definition) is 4. The minimum Gasteiger partial charge on any atom is -0.510 e. The number of Topliss-reactive ketones (excluding diaryl/α,β-unsaturated/α-hetero) is 1. The summed E-state index contributed by atoms with van der Waals surface area (Å²) >= 11 is 0. The van der Waals surface area contributed by atoms with E-state index in [9.17, 15) is 24.9 Å². The second-order valence-electron chi connectivity index (χ2n) is 11.7. The Morgan fingerprint density at radius 3 is 2.51 bits per heavy atom. The fourth-order valence-corrected chi connectivity index (χ4v) is 7.15. The highest BCUT2D eigenvalue weighted by atomic mass is 16.3. The van der Waals surface area contributed by atoms with Gasteiger partial charge in [0.25, 0.3) is 5.91 Å². The number of carbonyl (C=O) groups is 2. The van der Waals surface area contributed by atoms with Crippen LogP contribution in [0.15, 0.2) is 59.1 Å². The van der Waals surface area contributed by atoms with Crippen molar-refractivity contribution >= 4 is 17.4 Å². The summed E-state index contributed by atoms with van der Waals surface area (Å²) < 4.78 is 0. The maximum atomic E-state index is 14.3. The molecule has 0 bridgehead atoms. The van der Waals surface area contributed by atoms with Crippen molar-refractivity contribution in [3.63, 3.8) is 0 Å². The summed E-state index contributed by atoms with van der Waals surface area (Å²) in [6, 6.07) is 4.88. The zero-order chi connectivity index (χ0) is 29.7. The van der Waals surface area contributed by atoms with E-state index in [1.807, 2.05) is 45.4 Å². The topological polar surface area (TPSA) is 126 Å². The smallest absolute Gasteiger partial charge is 0.254 e. The zero-order valence-corrected chi connectivity index (χ0v) is 24.4. The molecule has 2 aromatic rings. The van der Waals surface area contributed by atoms with Gasteiger partial charge in [-0.3, -0.25) is 19.5 Å².